The average molecular weight is 381 g/mol. The molecule has 7 nitrogen and oxygen atoms in total. The number of anilines is 2. The van der Waals surface area contributed by atoms with E-state index in [1.807, 2.05) is 24.3 Å². The van der Waals surface area contributed by atoms with Gasteiger partial charge in [-0.2, -0.15) is 17.0 Å². The summed E-state index contributed by atoms with van der Waals surface area (Å²) in [7, 11) is -0.444. The largest absolute Gasteiger partial charge is 0.372 e. The molecule has 0 aliphatic carbocycles. The van der Waals surface area contributed by atoms with Crippen LogP contribution in [0.2, 0.25) is 0 Å². The van der Waals surface area contributed by atoms with Gasteiger partial charge < -0.3 is 10.2 Å². The number of carbonyl (C=O) groups is 1. The van der Waals surface area contributed by atoms with Crippen LogP contribution in [0.15, 0.2) is 24.3 Å². The first-order valence-electron chi connectivity index (χ1n) is 9.21. The van der Waals surface area contributed by atoms with Gasteiger partial charge >= 0.3 is 0 Å². The molecule has 2 heterocycles. The van der Waals surface area contributed by atoms with Gasteiger partial charge in [0.2, 0.25) is 5.91 Å². The third-order valence-corrected chi connectivity index (χ3v) is 7.06. The van der Waals surface area contributed by atoms with Gasteiger partial charge in [-0.05, 0) is 49.9 Å². The lowest BCUT2D eigenvalue weighted by molar-refractivity contribution is -0.120. The summed E-state index contributed by atoms with van der Waals surface area (Å²) in [6, 6.07) is 7.90. The maximum atomic E-state index is 12.6. The van der Waals surface area contributed by atoms with Gasteiger partial charge in [-0.15, -0.1) is 0 Å². The van der Waals surface area contributed by atoms with Crippen LogP contribution in [0.5, 0.6) is 0 Å². The molecule has 2 saturated heterocycles. The Labute approximate surface area is 156 Å². The predicted octanol–water partition coefficient (Wildman–Crippen LogP) is 1.74. The summed E-state index contributed by atoms with van der Waals surface area (Å²) in [5.74, 6) is -0.436. The van der Waals surface area contributed by atoms with E-state index in [1.165, 1.54) is 41.2 Å². The van der Waals surface area contributed by atoms with Gasteiger partial charge in [0.05, 0.1) is 5.92 Å². The fourth-order valence-corrected chi connectivity index (χ4v) is 4.76. The molecular formula is C18H28N4O3S. The SMILES string of the molecule is CN(C)S(=O)(=O)N1CCCC(C(=O)Nc2ccc(N3CCCC3)cc2)C1. The van der Waals surface area contributed by atoms with Crippen molar-refractivity contribution in [2.45, 2.75) is 25.7 Å². The minimum absolute atomic E-state index is 0.113. The molecular weight excluding hydrogens is 352 g/mol. The molecule has 2 aliphatic rings. The standard InChI is InChI=1S/C18H28N4O3S/c1-20(2)26(24,25)22-13-5-6-15(14-22)18(23)19-16-7-9-17(10-8-16)21-11-3-4-12-21/h7-10,15H,3-6,11-14H2,1-2H3,(H,19,23). The molecule has 2 fully saturated rings. The van der Waals surface area contributed by atoms with Crippen LogP contribution in [-0.2, 0) is 15.0 Å². The Morgan fingerprint density at radius 3 is 2.35 bits per heavy atom. The second-order valence-electron chi connectivity index (χ2n) is 7.22. The molecule has 1 N–H and O–H groups in total. The fourth-order valence-electron chi connectivity index (χ4n) is 3.57. The van der Waals surface area contributed by atoms with Crippen molar-refractivity contribution in [1.82, 2.24) is 8.61 Å². The van der Waals surface area contributed by atoms with Crippen molar-refractivity contribution in [2.75, 3.05) is 50.5 Å². The highest BCUT2D eigenvalue weighted by Crippen LogP contribution is 2.24. The van der Waals surface area contributed by atoms with E-state index in [1.54, 1.807) is 0 Å². The lowest BCUT2D eigenvalue weighted by Gasteiger charge is -2.32. The highest BCUT2D eigenvalue weighted by Gasteiger charge is 2.33. The van der Waals surface area contributed by atoms with E-state index >= 15 is 0 Å². The number of amides is 1. The van der Waals surface area contributed by atoms with Gasteiger partial charge in [0.1, 0.15) is 0 Å². The zero-order valence-electron chi connectivity index (χ0n) is 15.5. The second kappa shape index (κ2) is 7.94. The normalized spacial score (nSPS) is 22.0. The fraction of sp³-hybridized carbons (Fsp3) is 0.611. The molecule has 0 radical (unpaired) electrons. The van der Waals surface area contributed by atoms with E-state index in [9.17, 15) is 13.2 Å². The third kappa shape index (κ3) is 4.19. The number of piperidine rings is 1. The van der Waals surface area contributed by atoms with Crippen LogP contribution in [0.25, 0.3) is 0 Å². The Bertz CT molecular complexity index is 727. The predicted molar refractivity (Wildman–Crippen MR) is 103 cm³/mol. The van der Waals surface area contributed by atoms with Crippen LogP contribution in [0.3, 0.4) is 0 Å². The summed E-state index contributed by atoms with van der Waals surface area (Å²) in [4.78, 5) is 14.9. The van der Waals surface area contributed by atoms with Crippen LogP contribution in [0.1, 0.15) is 25.7 Å². The molecule has 1 atom stereocenters. The monoisotopic (exact) mass is 380 g/mol. The first kappa shape index (κ1) is 19.1. The van der Waals surface area contributed by atoms with Crippen LogP contribution in [0, 0.1) is 5.92 Å². The van der Waals surface area contributed by atoms with Gasteiger partial charge in [-0.3, -0.25) is 4.79 Å². The smallest absolute Gasteiger partial charge is 0.281 e. The van der Waals surface area contributed by atoms with Crippen molar-refractivity contribution in [3.8, 4) is 0 Å². The first-order chi connectivity index (χ1) is 12.4. The van der Waals surface area contributed by atoms with Gasteiger partial charge in [0.15, 0.2) is 0 Å². The summed E-state index contributed by atoms with van der Waals surface area (Å²) in [5, 5.41) is 2.94. The summed E-state index contributed by atoms with van der Waals surface area (Å²) >= 11 is 0. The van der Waals surface area contributed by atoms with Gasteiger partial charge in [-0.25, -0.2) is 0 Å². The molecule has 0 saturated carbocycles. The zero-order valence-corrected chi connectivity index (χ0v) is 16.3. The third-order valence-electron chi connectivity index (χ3n) is 5.15. The van der Waals surface area contributed by atoms with Crippen molar-refractivity contribution in [3.05, 3.63) is 24.3 Å². The Balaban J connectivity index is 1.60. The van der Waals surface area contributed by atoms with Crippen molar-refractivity contribution < 1.29 is 13.2 Å². The number of nitrogens with one attached hydrogen (secondary N) is 1. The van der Waals surface area contributed by atoms with Crippen LogP contribution in [-0.4, -0.2) is 63.2 Å². The minimum atomic E-state index is -3.47. The van der Waals surface area contributed by atoms with Crippen molar-refractivity contribution in [3.63, 3.8) is 0 Å². The topological polar surface area (TPSA) is 73.0 Å². The summed E-state index contributed by atoms with van der Waals surface area (Å²) in [5.41, 5.74) is 1.94. The van der Waals surface area contributed by atoms with E-state index in [0.717, 1.165) is 18.8 Å². The lowest BCUT2D eigenvalue weighted by atomic mass is 9.98. The summed E-state index contributed by atoms with van der Waals surface area (Å²) in [6.07, 6.45) is 3.86. The van der Waals surface area contributed by atoms with Crippen molar-refractivity contribution in [2.24, 2.45) is 5.92 Å². The van der Waals surface area contributed by atoms with Crippen molar-refractivity contribution in [1.29, 1.82) is 0 Å². The molecule has 0 aromatic heterocycles. The molecule has 0 bridgehead atoms. The molecule has 1 aromatic carbocycles. The van der Waals surface area contributed by atoms with Gasteiger partial charge in [0.25, 0.3) is 10.2 Å². The molecule has 2 aliphatic heterocycles. The molecule has 1 aromatic rings. The number of rotatable bonds is 5. The highest BCUT2D eigenvalue weighted by molar-refractivity contribution is 7.86. The maximum absolute atomic E-state index is 12.6. The molecule has 0 spiro atoms. The second-order valence-corrected chi connectivity index (χ2v) is 9.36. The van der Waals surface area contributed by atoms with E-state index < -0.39 is 10.2 Å². The van der Waals surface area contributed by atoms with Crippen LogP contribution >= 0.6 is 0 Å². The van der Waals surface area contributed by atoms with E-state index in [0.29, 0.717) is 19.4 Å². The van der Waals surface area contributed by atoms with Gasteiger partial charge in [0, 0.05) is 51.6 Å². The first-order valence-corrected chi connectivity index (χ1v) is 10.6. The number of hydrogen-bond donors (Lipinski definition) is 1. The molecule has 1 amide bonds. The van der Waals surface area contributed by atoms with E-state index in [4.69, 9.17) is 0 Å². The molecule has 144 valence electrons. The van der Waals surface area contributed by atoms with E-state index in [2.05, 4.69) is 10.2 Å². The number of hydrogen-bond acceptors (Lipinski definition) is 4. The van der Waals surface area contributed by atoms with Crippen molar-refractivity contribution >= 4 is 27.5 Å². The zero-order chi connectivity index (χ0) is 18.7. The highest BCUT2D eigenvalue weighted by atomic mass is 32.2. The Morgan fingerprint density at radius 2 is 1.73 bits per heavy atom. The summed E-state index contributed by atoms with van der Waals surface area (Å²) in [6.45, 7) is 2.88. The van der Waals surface area contributed by atoms with Crippen LogP contribution in [0.4, 0.5) is 11.4 Å². The average Bonchev–Trinajstić information content (AvgIpc) is 3.17. The Hall–Kier alpha value is -1.64. The minimum Gasteiger partial charge on any atom is -0.372 e. The van der Waals surface area contributed by atoms with Crippen LogP contribution < -0.4 is 10.2 Å². The summed E-state index contributed by atoms with van der Waals surface area (Å²) < 4.78 is 27.2. The molecule has 1 unspecified atom stereocenters. The molecule has 26 heavy (non-hydrogen) atoms. The molecule has 3 rings (SSSR count). The Morgan fingerprint density at radius 1 is 1.08 bits per heavy atom. The lowest BCUT2D eigenvalue weighted by Crippen LogP contribution is -2.47. The van der Waals surface area contributed by atoms with E-state index in [-0.39, 0.29) is 18.4 Å². The number of nitrogens with zero attached hydrogens (tertiary/aromatic N) is 3. The quantitative estimate of drug-likeness (QED) is 0.845. The number of benzene rings is 1. The van der Waals surface area contributed by atoms with Gasteiger partial charge in [-0.1, -0.05) is 0 Å². The molecule has 8 heteroatoms. The maximum Gasteiger partial charge on any atom is 0.281 e. The Kier molecular flexibility index (Phi) is 5.84. The number of carbonyl (C=O) groups excluding carboxylic acids is 1.